The normalized spacial score (nSPS) is 33.8. The van der Waals surface area contributed by atoms with Gasteiger partial charge < -0.3 is 0 Å². The summed E-state index contributed by atoms with van der Waals surface area (Å²) in [6.07, 6.45) is 0. The third kappa shape index (κ3) is 0.808. The van der Waals surface area contributed by atoms with Crippen LogP contribution >= 0.6 is 0 Å². The van der Waals surface area contributed by atoms with Crippen LogP contribution in [-0.2, 0) is 4.79 Å². The molecule has 1 rings (SSSR count). The molecule has 0 radical (unpaired) electrons. The fourth-order valence-corrected chi connectivity index (χ4v) is 1.48. The monoisotopic (exact) mass is 138 g/mol. The van der Waals surface area contributed by atoms with Crippen molar-refractivity contribution >= 4 is 5.78 Å². The summed E-state index contributed by atoms with van der Waals surface area (Å²) in [5.74, 6) is 1.03. The zero-order valence-corrected chi connectivity index (χ0v) is 7.06. The minimum atomic E-state index is 0.222. The lowest BCUT2D eigenvalue weighted by Crippen LogP contribution is -2.10. The highest BCUT2D eigenvalue weighted by Crippen LogP contribution is 2.32. The van der Waals surface area contributed by atoms with Crippen molar-refractivity contribution in [3.05, 3.63) is 11.1 Å². The van der Waals surface area contributed by atoms with Crippen LogP contribution in [0.2, 0.25) is 0 Å². The highest BCUT2D eigenvalue weighted by atomic mass is 16.1. The van der Waals surface area contributed by atoms with E-state index in [1.54, 1.807) is 0 Å². The Morgan fingerprint density at radius 3 is 1.70 bits per heavy atom. The molecular weight excluding hydrogens is 124 g/mol. The number of ketones is 1. The van der Waals surface area contributed by atoms with Crippen molar-refractivity contribution in [3.8, 4) is 0 Å². The first-order valence-corrected chi connectivity index (χ1v) is 3.77. The maximum Gasteiger partial charge on any atom is 0.161 e. The molecule has 2 atom stereocenters. The molecule has 0 aromatic rings. The van der Waals surface area contributed by atoms with Gasteiger partial charge in [-0.15, -0.1) is 0 Å². The van der Waals surface area contributed by atoms with Crippen molar-refractivity contribution in [2.24, 2.45) is 11.8 Å². The van der Waals surface area contributed by atoms with Gasteiger partial charge in [0.25, 0.3) is 0 Å². The van der Waals surface area contributed by atoms with Gasteiger partial charge in [-0.1, -0.05) is 19.4 Å². The van der Waals surface area contributed by atoms with Crippen LogP contribution < -0.4 is 0 Å². The van der Waals surface area contributed by atoms with Crippen LogP contribution in [-0.4, -0.2) is 5.78 Å². The van der Waals surface area contributed by atoms with E-state index in [2.05, 4.69) is 13.8 Å². The summed E-state index contributed by atoms with van der Waals surface area (Å²) < 4.78 is 0. The zero-order valence-electron chi connectivity index (χ0n) is 7.06. The number of carbonyl (C=O) groups excluding carboxylic acids is 1. The molecule has 0 fully saturated rings. The van der Waals surface area contributed by atoms with E-state index in [1.165, 1.54) is 5.57 Å². The molecule has 1 nitrogen and oxygen atoms in total. The van der Waals surface area contributed by atoms with Gasteiger partial charge in [0.05, 0.1) is 0 Å². The van der Waals surface area contributed by atoms with Gasteiger partial charge in [-0.2, -0.15) is 0 Å². The van der Waals surface area contributed by atoms with E-state index in [-0.39, 0.29) is 5.92 Å². The largest absolute Gasteiger partial charge is 0.294 e. The second-order valence-electron chi connectivity index (χ2n) is 3.25. The third-order valence-corrected chi connectivity index (χ3v) is 2.81. The van der Waals surface area contributed by atoms with Gasteiger partial charge in [-0.25, -0.2) is 0 Å². The summed E-state index contributed by atoms with van der Waals surface area (Å²) in [5.41, 5.74) is 2.26. The van der Waals surface area contributed by atoms with Crippen LogP contribution in [0.4, 0.5) is 0 Å². The van der Waals surface area contributed by atoms with Crippen LogP contribution in [0.15, 0.2) is 11.1 Å². The number of carbonyl (C=O) groups is 1. The van der Waals surface area contributed by atoms with E-state index in [4.69, 9.17) is 0 Å². The molecule has 0 spiro atoms. The quantitative estimate of drug-likeness (QED) is 0.501. The molecule has 0 aliphatic heterocycles. The Bertz CT molecular complexity index is 201. The Morgan fingerprint density at radius 2 is 1.60 bits per heavy atom. The smallest absolute Gasteiger partial charge is 0.161 e. The summed E-state index contributed by atoms with van der Waals surface area (Å²) in [7, 11) is 0. The van der Waals surface area contributed by atoms with Crippen molar-refractivity contribution < 1.29 is 4.79 Å². The lowest BCUT2D eigenvalue weighted by Gasteiger charge is -2.08. The van der Waals surface area contributed by atoms with Crippen LogP contribution in [0.1, 0.15) is 27.7 Å². The first-order valence-electron chi connectivity index (χ1n) is 3.77. The van der Waals surface area contributed by atoms with Gasteiger partial charge in [-0.3, -0.25) is 4.79 Å². The van der Waals surface area contributed by atoms with Crippen molar-refractivity contribution in [3.63, 3.8) is 0 Å². The predicted molar refractivity (Wildman–Crippen MR) is 41.7 cm³/mol. The number of Topliss-reactive ketones (excluding diaryl/α,β-unsaturated/α-hetero) is 1. The van der Waals surface area contributed by atoms with Crippen LogP contribution in [0, 0.1) is 11.8 Å². The SMILES string of the molecule is CC1=C(C)[C@@H](C)[C@@H](C)C1=O. The molecule has 0 unspecified atom stereocenters. The van der Waals surface area contributed by atoms with Crippen molar-refractivity contribution in [1.82, 2.24) is 0 Å². The van der Waals surface area contributed by atoms with Gasteiger partial charge in [0, 0.05) is 5.92 Å². The molecule has 10 heavy (non-hydrogen) atoms. The lowest BCUT2D eigenvalue weighted by molar-refractivity contribution is -0.118. The molecule has 1 aliphatic rings. The lowest BCUT2D eigenvalue weighted by atomic mass is 9.95. The summed E-state index contributed by atoms with van der Waals surface area (Å²) in [6, 6.07) is 0. The second kappa shape index (κ2) is 2.22. The highest BCUT2D eigenvalue weighted by Gasteiger charge is 2.30. The Morgan fingerprint density at radius 1 is 1.10 bits per heavy atom. The van der Waals surface area contributed by atoms with Gasteiger partial charge in [0.1, 0.15) is 0 Å². The molecule has 0 aromatic carbocycles. The molecular formula is C9H14O. The molecule has 0 saturated heterocycles. The summed E-state index contributed by atoms with van der Waals surface area (Å²) in [4.78, 5) is 11.3. The Labute approximate surface area is 62.1 Å². The third-order valence-electron chi connectivity index (χ3n) is 2.81. The van der Waals surface area contributed by atoms with Crippen LogP contribution in [0.5, 0.6) is 0 Å². The Balaban J connectivity index is 2.99. The maximum atomic E-state index is 11.3. The molecule has 1 heteroatoms. The molecule has 56 valence electrons. The maximum absolute atomic E-state index is 11.3. The highest BCUT2D eigenvalue weighted by molar-refractivity contribution is 6.00. The Hall–Kier alpha value is -0.590. The van der Waals surface area contributed by atoms with Gasteiger partial charge >= 0.3 is 0 Å². The topological polar surface area (TPSA) is 17.1 Å². The summed E-state index contributed by atoms with van der Waals surface area (Å²) >= 11 is 0. The zero-order chi connectivity index (χ0) is 7.89. The fourth-order valence-electron chi connectivity index (χ4n) is 1.48. The van der Waals surface area contributed by atoms with Crippen LogP contribution in [0.3, 0.4) is 0 Å². The number of allylic oxidation sites excluding steroid dienone is 2. The van der Waals surface area contributed by atoms with E-state index in [0.717, 1.165) is 5.57 Å². The number of hydrogen-bond acceptors (Lipinski definition) is 1. The van der Waals surface area contributed by atoms with Gasteiger partial charge in [0.2, 0.25) is 0 Å². The predicted octanol–water partition coefficient (Wildman–Crippen LogP) is 2.18. The molecule has 0 saturated carbocycles. The van der Waals surface area contributed by atoms with Crippen molar-refractivity contribution in [1.29, 1.82) is 0 Å². The van der Waals surface area contributed by atoms with Gasteiger partial charge in [0.15, 0.2) is 5.78 Å². The molecule has 0 aromatic heterocycles. The summed E-state index contributed by atoms with van der Waals surface area (Å²) in [6.45, 7) is 8.11. The minimum absolute atomic E-state index is 0.222. The first kappa shape index (κ1) is 7.52. The molecule has 1 aliphatic carbocycles. The number of rotatable bonds is 0. The molecule has 0 bridgehead atoms. The van der Waals surface area contributed by atoms with Crippen molar-refractivity contribution in [2.75, 3.05) is 0 Å². The van der Waals surface area contributed by atoms with E-state index in [9.17, 15) is 4.79 Å². The van der Waals surface area contributed by atoms with E-state index < -0.39 is 0 Å². The second-order valence-corrected chi connectivity index (χ2v) is 3.25. The average Bonchev–Trinajstić information content (AvgIpc) is 2.07. The van der Waals surface area contributed by atoms with Gasteiger partial charge in [-0.05, 0) is 25.3 Å². The molecule has 0 amide bonds. The van der Waals surface area contributed by atoms with Crippen molar-refractivity contribution in [2.45, 2.75) is 27.7 Å². The standard InChI is InChI=1S/C9H14O/c1-5-6(2)8(4)9(10)7(5)3/h5,7H,1-4H3/t5-,7-/m1/s1. The number of hydrogen-bond donors (Lipinski definition) is 0. The molecule has 0 heterocycles. The van der Waals surface area contributed by atoms with E-state index in [0.29, 0.717) is 11.7 Å². The fraction of sp³-hybridized carbons (Fsp3) is 0.667. The minimum Gasteiger partial charge on any atom is -0.294 e. The van der Waals surface area contributed by atoms with E-state index >= 15 is 0 Å². The Kier molecular flexibility index (Phi) is 1.67. The average molecular weight is 138 g/mol. The molecule has 0 N–H and O–H groups in total. The van der Waals surface area contributed by atoms with Crippen LogP contribution in [0.25, 0.3) is 0 Å². The first-order chi connectivity index (χ1) is 4.55. The van der Waals surface area contributed by atoms with E-state index in [1.807, 2.05) is 13.8 Å². The summed E-state index contributed by atoms with van der Waals surface area (Å²) in [5, 5.41) is 0.